The smallest absolute Gasteiger partial charge is 0.460 e. The monoisotopic (exact) mass is 588 g/mol. The van der Waals surface area contributed by atoms with E-state index in [1.807, 2.05) is 0 Å². The molecular weight excluding hydrogens is 555 g/mol. The largest absolute Gasteiger partial charge is 0.548 e. The maximum absolute atomic E-state index is 15.0. The minimum atomic E-state index is -7.92. The first-order chi connectivity index (χ1) is 16.2. The summed E-state index contributed by atoms with van der Waals surface area (Å²) in [6.07, 6.45) is -8.36. The van der Waals surface area contributed by atoms with E-state index in [2.05, 4.69) is 0 Å². The third kappa shape index (κ3) is 6.05. The molecule has 0 aromatic rings. The Morgan fingerprint density at radius 3 is 1.32 bits per heavy atom. The van der Waals surface area contributed by atoms with Gasteiger partial charge < -0.3 is 4.43 Å². The van der Waals surface area contributed by atoms with Crippen LogP contribution in [0.25, 0.3) is 0 Å². The second kappa shape index (κ2) is 11.5. The van der Waals surface area contributed by atoms with Gasteiger partial charge in [0.1, 0.15) is 0 Å². The Labute approximate surface area is 208 Å². The molecule has 0 saturated carbocycles. The van der Waals surface area contributed by atoms with Crippen LogP contribution in [0.1, 0.15) is 74.1 Å². The van der Waals surface area contributed by atoms with Gasteiger partial charge in [-0.15, -0.1) is 0 Å². The molecule has 0 N–H and O–H groups in total. The first-order valence-electron chi connectivity index (χ1n) is 11.6. The first-order valence-corrected chi connectivity index (χ1v) is 13.7. The van der Waals surface area contributed by atoms with Crippen LogP contribution in [0.15, 0.2) is 11.8 Å². The van der Waals surface area contributed by atoms with E-state index in [4.69, 9.17) is 4.43 Å². The van der Waals surface area contributed by atoms with Gasteiger partial charge in [0.25, 0.3) is 8.32 Å². The van der Waals surface area contributed by atoms with E-state index < -0.39 is 56.1 Å². The zero-order valence-corrected chi connectivity index (χ0v) is 22.5. The summed E-state index contributed by atoms with van der Waals surface area (Å²) in [5, 5.41) is 0. The molecule has 0 unspecified atom stereocenters. The van der Waals surface area contributed by atoms with Crippen LogP contribution < -0.4 is 0 Å². The van der Waals surface area contributed by atoms with Crippen LogP contribution in [0.3, 0.4) is 0 Å². The Kier molecular flexibility index (Phi) is 11.2. The second-order valence-corrected chi connectivity index (χ2v) is 15.3. The summed E-state index contributed by atoms with van der Waals surface area (Å²) >= 11 is 0. The van der Waals surface area contributed by atoms with Crippen LogP contribution in [0.4, 0.5) is 57.1 Å². The fraction of sp³-hybridized carbons (Fsp3) is 0.909. The highest BCUT2D eigenvalue weighted by atomic mass is 28.4. The number of rotatable bonds is 14. The summed E-state index contributed by atoms with van der Waals surface area (Å²) in [6, 6.07) is 0. The Morgan fingerprint density at radius 1 is 0.622 bits per heavy atom. The van der Waals surface area contributed by atoms with E-state index in [1.54, 1.807) is 48.5 Å². The topological polar surface area (TPSA) is 9.23 Å². The molecule has 0 saturated heterocycles. The Morgan fingerprint density at radius 2 is 1.00 bits per heavy atom. The average Bonchev–Trinajstić information content (AvgIpc) is 2.70. The van der Waals surface area contributed by atoms with Crippen LogP contribution >= 0.6 is 0 Å². The Balaban J connectivity index is 6.98. The van der Waals surface area contributed by atoms with E-state index in [0.29, 0.717) is 6.42 Å². The molecule has 0 fully saturated rings. The van der Waals surface area contributed by atoms with Crippen molar-refractivity contribution in [2.45, 2.75) is 127 Å². The maximum Gasteiger partial charge on any atom is 0.460 e. The van der Waals surface area contributed by atoms with Crippen molar-refractivity contribution in [1.82, 2.24) is 0 Å². The third-order valence-corrected chi connectivity index (χ3v) is 12.4. The van der Waals surface area contributed by atoms with Crippen LogP contribution in [-0.2, 0) is 4.43 Å². The van der Waals surface area contributed by atoms with E-state index in [9.17, 15) is 57.1 Å². The van der Waals surface area contributed by atoms with Gasteiger partial charge in [0.05, 0.1) is 6.26 Å². The van der Waals surface area contributed by atoms with Crippen molar-refractivity contribution in [2.24, 2.45) is 0 Å². The van der Waals surface area contributed by atoms with E-state index >= 15 is 0 Å². The van der Waals surface area contributed by atoms with Crippen molar-refractivity contribution in [1.29, 1.82) is 0 Å². The molecule has 222 valence electrons. The number of hydrogen-bond acceptors (Lipinski definition) is 1. The van der Waals surface area contributed by atoms with E-state index in [0.717, 1.165) is 0 Å². The van der Waals surface area contributed by atoms with Crippen molar-refractivity contribution in [3.8, 4) is 0 Å². The minimum Gasteiger partial charge on any atom is -0.548 e. The van der Waals surface area contributed by atoms with Gasteiger partial charge in [-0.25, -0.2) is 0 Å². The Hall–Kier alpha value is -1.15. The molecule has 0 heterocycles. The van der Waals surface area contributed by atoms with Gasteiger partial charge in [-0.3, -0.25) is 0 Å². The van der Waals surface area contributed by atoms with Crippen molar-refractivity contribution in [3.63, 3.8) is 0 Å². The standard InChI is InChI=1S/C22H33F13OSi/c1-8-9-10-11-16(12-36-37(13(2)3,14(4)5)15(6)7)17(23,24)18(25,26)19(27,28)20(29,30)21(31,32)22(33,34)35/h12-15H,8-11H2,1-7H3/b16-12-. The molecule has 0 spiro atoms. The summed E-state index contributed by atoms with van der Waals surface area (Å²) in [6.45, 7) is 11.5. The van der Waals surface area contributed by atoms with Crippen molar-refractivity contribution in [3.05, 3.63) is 11.8 Å². The van der Waals surface area contributed by atoms with Gasteiger partial charge in [-0.1, -0.05) is 61.3 Å². The van der Waals surface area contributed by atoms with Gasteiger partial charge in [0.15, 0.2) is 0 Å². The summed E-state index contributed by atoms with van der Waals surface area (Å²) in [5.74, 6) is -37.1. The number of halogens is 13. The molecule has 0 aromatic heterocycles. The minimum absolute atomic E-state index is 0.0892. The quantitative estimate of drug-likeness (QED) is 0.0849. The summed E-state index contributed by atoms with van der Waals surface area (Å²) in [4.78, 5) is 0. The zero-order chi connectivity index (χ0) is 30.1. The molecule has 0 amide bonds. The number of hydrogen-bond donors (Lipinski definition) is 0. The highest BCUT2D eigenvalue weighted by molar-refractivity contribution is 6.77. The van der Waals surface area contributed by atoms with Gasteiger partial charge in [-0.2, -0.15) is 57.1 Å². The van der Waals surface area contributed by atoms with Crippen molar-refractivity contribution in [2.75, 3.05) is 0 Å². The first kappa shape index (κ1) is 35.8. The predicted octanol–water partition coefficient (Wildman–Crippen LogP) is 10.4. The molecule has 1 nitrogen and oxygen atoms in total. The van der Waals surface area contributed by atoms with E-state index in [1.165, 1.54) is 0 Å². The Bertz CT molecular complexity index is 749. The molecule has 0 rings (SSSR count). The number of unbranched alkanes of at least 4 members (excludes halogenated alkanes) is 2. The lowest BCUT2D eigenvalue weighted by molar-refractivity contribution is -0.437. The average molecular weight is 589 g/mol. The zero-order valence-electron chi connectivity index (χ0n) is 21.5. The second-order valence-electron chi connectivity index (χ2n) is 9.91. The van der Waals surface area contributed by atoms with Crippen LogP contribution in [0.2, 0.25) is 16.6 Å². The molecular formula is C22H33F13OSi. The van der Waals surface area contributed by atoms with Crippen molar-refractivity contribution >= 4 is 8.32 Å². The molecule has 0 aliphatic heterocycles. The summed E-state index contributed by atoms with van der Waals surface area (Å²) < 4.78 is 183. The van der Waals surface area contributed by atoms with Gasteiger partial charge >= 0.3 is 35.8 Å². The fourth-order valence-corrected chi connectivity index (χ4v) is 9.57. The molecule has 37 heavy (non-hydrogen) atoms. The number of allylic oxidation sites excluding steroid dienone is 1. The number of alkyl halides is 13. The van der Waals surface area contributed by atoms with Crippen LogP contribution in [-0.4, -0.2) is 44.1 Å². The molecule has 15 heteroatoms. The third-order valence-electron chi connectivity index (χ3n) is 6.50. The maximum atomic E-state index is 15.0. The van der Waals surface area contributed by atoms with Crippen LogP contribution in [0, 0.1) is 0 Å². The molecule has 0 aliphatic carbocycles. The highest BCUT2D eigenvalue weighted by Crippen LogP contribution is 2.61. The SMILES string of the molecule is CCCCC/C(=C/O[Si](C(C)C)(C(C)C)C(C)C)C(F)(F)C(F)(F)C(F)(F)C(F)(F)C(F)(F)C(F)(F)F. The van der Waals surface area contributed by atoms with Crippen molar-refractivity contribution < 1.29 is 61.5 Å². The lowest BCUT2D eigenvalue weighted by atomic mass is 9.89. The molecule has 0 radical (unpaired) electrons. The van der Waals surface area contributed by atoms with E-state index in [-0.39, 0.29) is 35.7 Å². The molecule has 0 bridgehead atoms. The summed E-state index contributed by atoms with van der Waals surface area (Å²) in [7, 11) is -3.17. The highest BCUT2D eigenvalue weighted by Gasteiger charge is 2.91. The van der Waals surface area contributed by atoms with Gasteiger partial charge in [0.2, 0.25) is 0 Å². The molecule has 0 aliphatic rings. The van der Waals surface area contributed by atoms with Gasteiger partial charge in [-0.05, 0) is 29.5 Å². The predicted molar refractivity (Wildman–Crippen MR) is 115 cm³/mol. The lowest BCUT2D eigenvalue weighted by Gasteiger charge is -2.42. The normalized spacial score (nSPS) is 15.8. The van der Waals surface area contributed by atoms with Gasteiger partial charge in [0, 0.05) is 5.57 Å². The molecule has 0 aromatic carbocycles. The molecule has 0 atom stereocenters. The fourth-order valence-electron chi connectivity index (χ4n) is 4.41. The van der Waals surface area contributed by atoms with Crippen LogP contribution in [0.5, 0.6) is 0 Å². The summed E-state index contributed by atoms with van der Waals surface area (Å²) in [5.41, 5.74) is -2.93. The lowest BCUT2D eigenvalue weighted by Crippen LogP contribution is -2.70.